The van der Waals surface area contributed by atoms with Crippen LogP contribution in [0.1, 0.15) is 12.0 Å². The largest absolute Gasteiger partial charge is 0.384 e. The molecule has 5 nitrogen and oxygen atoms in total. The number of nitrogens with one attached hydrogen (secondary N) is 2. The van der Waals surface area contributed by atoms with Gasteiger partial charge in [0.25, 0.3) is 0 Å². The van der Waals surface area contributed by atoms with E-state index in [-0.39, 0.29) is 24.2 Å². The molecule has 2 amide bonds. The van der Waals surface area contributed by atoms with Gasteiger partial charge >= 0.3 is 0 Å². The lowest BCUT2D eigenvalue weighted by atomic mass is 10.1. The van der Waals surface area contributed by atoms with Crippen molar-refractivity contribution in [3.8, 4) is 0 Å². The first-order valence-electron chi connectivity index (χ1n) is 6.35. The molecule has 5 heteroatoms. The number of para-hydroxylation sites is 1. The fourth-order valence-corrected chi connectivity index (χ4v) is 2.10. The molecule has 1 saturated heterocycles. The number of amides is 2. The van der Waals surface area contributed by atoms with Crippen molar-refractivity contribution in [1.29, 1.82) is 0 Å². The Morgan fingerprint density at radius 2 is 2.26 bits per heavy atom. The molecule has 1 fully saturated rings. The summed E-state index contributed by atoms with van der Waals surface area (Å²) in [7, 11) is 1.65. The molecule has 1 aliphatic heterocycles. The SMILES string of the molecule is COCCc1ccccc1NC(=O)C1CNC(=O)C1. The second-order valence-electron chi connectivity index (χ2n) is 4.59. The van der Waals surface area contributed by atoms with Crippen LogP contribution in [0.3, 0.4) is 0 Å². The van der Waals surface area contributed by atoms with E-state index in [4.69, 9.17) is 4.74 Å². The summed E-state index contributed by atoms with van der Waals surface area (Å²) >= 11 is 0. The van der Waals surface area contributed by atoms with Gasteiger partial charge in [-0.2, -0.15) is 0 Å². The number of ether oxygens (including phenoxy) is 1. The molecule has 0 aromatic heterocycles. The first kappa shape index (κ1) is 13.5. The Bertz CT molecular complexity index is 474. The Labute approximate surface area is 112 Å². The number of hydrogen-bond donors (Lipinski definition) is 2. The number of methoxy groups -OCH3 is 1. The zero-order chi connectivity index (χ0) is 13.7. The maximum Gasteiger partial charge on any atom is 0.229 e. The van der Waals surface area contributed by atoms with E-state index in [9.17, 15) is 9.59 Å². The van der Waals surface area contributed by atoms with Crippen LogP contribution >= 0.6 is 0 Å². The van der Waals surface area contributed by atoms with Crippen molar-refractivity contribution < 1.29 is 14.3 Å². The van der Waals surface area contributed by atoms with Gasteiger partial charge in [-0.05, 0) is 18.1 Å². The van der Waals surface area contributed by atoms with E-state index in [0.717, 1.165) is 17.7 Å². The molecule has 0 bridgehead atoms. The molecule has 1 unspecified atom stereocenters. The van der Waals surface area contributed by atoms with E-state index in [0.29, 0.717) is 13.2 Å². The number of rotatable bonds is 5. The molecule has 19 heavy (non-hydrogen) atoms. The molecular formula is C14H18N2O3. The van der Waals surface area contributed by atoms with Crippen LogP contribution in [0, 0.1) is 5.92 Å². The highest BCUT2D eigenvalue weighted by Gasteiger charge is 2.28. The molecule has 1 heterocycles. The molecular weight excluding hydrogens is 244 g/mol. The van der Waals surface area contributed by atoms with Gasteiger partial charge in [0.1, 0.15) is 0 Å². The van der Waals surface area contributed by atoms with Crippen LogP contribution in [-0.4, -0.2) is 32.1 Å². The van der Waals surface area contributed by atoms with E-state index in [1.807, 2.05) is 24.3 Å². The predicted octanol–water partition coefficient (Wildman–Crippen LogP) is 0.950. The van der Waals surface area contributed by atoms with Crippen molar-refractivity contribution in [1.82, 2.24) is 5.32 Å². The van der Waals surface area contributed by atoms with Crippen LogP contribution in [-0.2, 0) is 20.7 Å². The molecule has 0 spiro atoms. The second-order valence-corrected chi connectivity index (χ2v) is 4.59. The average Bonchev–Trinajstić information content (AvgIpc) is 2.84. The third kappa shape index (κ3) is 3.54. The van der Waals surface area contributed by atoms with Gasteiger partial charge in [-0.3, -0.25) is 9.59 Å². The van der Waals surface area contributed by atoms with Gasteiger partial charge in [0.15, 0.2) is 0 Å². The van der Waals surface area contributed by atoms with Gasteiger partial charge in [-0.15, -0.1) is 0 Å². The number of hydrogen-bond acceptors (Lipinski definition) is 3. The van der Waals surface area contributed by atoms with Crippen LogP contribution in [0.25, 0.3) is 0 Å². The first-order chi connectivity index (χ1) is 9.20. The molecule has 2 N–H and O–H groups in total. The molecule has 1 aromatic rings. The van der Waals surface area contributed by atoms with E-state index in [2.05, 4.69) is 10.6 Å². The monoisotopic (exact) mass is 262 g/mol. The smallest absolute Gasteiger partial charge is 0.229 e. The first-order valence-corrected chi connectivity index (χ1v) is 6.35. The molecule has 0 aliphatic carbocycles. The molecule has 0 radical (unpaired) electrons. The normalized spacial score (nSPS) is 18.2. The van der Waals surface area contributed by atoms with Gasteiger partial charge in [-0.1, -0.05) is 18.2 Å². The summed E-state index contributed by atoms with van der Waals surface area (Å²) in [6.45, 7) is 1.03. The van der Waals surface area contributed by atoms with Crippen LogP contribution in [0.15, 0.2) is 24.3 Å². The Kier molecular flexibility index (Phi) is 4.52. The number of anilines is 1. The summed E-state index contributed by atoms with van der Waals surface area (Å²) in [6, 6.07) is 7.64. The van der Waals surface area contributed by atoms with Gasteiger partial charge in [0.05, 0.1) is 12.5 Å². The van der Waals surface area contributed by atoms with Gasteiger partial charge in [-0.25, -0.2) is 0 Å². The van der Waals surface area contributed by atoms with E-state index in [1.165, 1.54) is 0 Å². The van der Waals surface area contributed by atoms with Gasteiger partial charge < -0.3 is 15.4 Å². The van der Waals surface area contributed by atoms with Crippen LogP contribution < -0.4 is 10.6 Å². The average molecular weight is 262 g/mol. The van der Waals surface area contributed by atoms with Crippen LogP contribution in [0.5, 0.6) is 0 Å². The van der Waals surface area contributed by atoms with E-state index in [1.54, 1.807) is 7.11 Å². The second kappa shape index (κ2) is 6.33. The maximum absolute atomic E-state index is 12.1. The van der Waals surface area contributed by atoms with Crippen molar-refractivity contribution in [2.45, 2.75) is 12.8 Å². The van der Waals surface area contributed by atoms with Crippen LogP contribution in [0.4, 0.5) is 5.69 Å². The molecule has 1 atom stereocenters. The predicted molar refractivity (Wildman–Crippen MR) is 71.8 cm³/mol. The topological polar surface area (TPSA) is 67.4 Å². The number of carbonyl (C=O) groups is 2. The fraction of sp³-hybridized carbons (Fsp3) is 0.429. The van der Waals surface area contributed by atoms with Crippen molar-refractivity contribution in [3.05, 3.63) is 29.8 Å². The molecule has 2 rings (SSSR count). The van der Waals surface area contributed by atoms with Gasteiger partial charge in [0.2, 0.25) is 11.8 Å². The Hall–Kier alpha value is -1.88. The summed E-state index contributed by atoms with van der Waals surface area (Å²) in [4.78, 5) is 23.2. The summed E-state index contributed by atoms with van der Waals surface area (Å²) in [6.07, 6.45) is 1.01. The minimum absolute atomic E-state index is 0.0622. The number of carbonyl (C=O) groups excluding carboxylic acids is 2. The molecule has 1 aromatic carbocycles. The zero-order valence-corrected chi connectivity index (χ0v) is 10.9. The minimum Gasteiger partial charge on any atom is -0.384 e. The maximum atomic E-state index is 12.1. The quantitative estimate of drug-likeness (QED) is 0.830. The minimum atomic E-state index is -0.275. The molecule has 0 saturated carbocycles. The molecule has 1 aliphatic rings. The Morgan fingerprint density at radius 3 is 2.95 bits per heavy atom. The van der Waals surface area contributed by atoms with E-state index >= 15 is 0 Å². The van der Waals surface area contributed by atoms with Crippen molar-refractivity contribution >= 4 is 17.5 Å². The number of benzene rings is 1. The highest BCUT2D eigenvalue weighted by atomic mass is 16.5. The lowest BCUT2D eigenvalue weighted by molar-refractivity contribution is -0.123. The Morgan fingerprint density at radius 1 is 1.47 bits per heavy atom. The summed E-state index contributed by atoms with van der Waals surface area (Å²) < 4.78 is 5.05. The van der Waals surface area contributed by atoms with Gasteiger partial charge in [0, 0.05) is 25.8 Å². The summed E-state index contributed by atoms with van der Waals surface area (Å²) in [5.41, 5.74) is 1.83. The van der Waals surface area contributed by atoms with E-state index < -0.39 is 0 Å². The summed E-state index contributed by atoms with van der Waals surface area (Å²) in [5, 5.41) is 5.56. The lowest BCUT2D eigenvalue weighted by Crippen LogP contribution is -2.25. The highest BCUT2D eigenvalue weighted by Crippen LogP contribution is 2.18. The fourth-order valence-electron chi connectivity index (χ4n) is 2.10. The van der Waals surface area contributed by atoms with Crippen LogP contribution in [0.2, 0.25) is 0 Å². The van der Waals surface area contributed by atoms with Crippen molar-refractivity contribution in [3.63, 3.8) is 0 Å². The summed E-state index contributed by atoms with van der Waals surface area (Å²) in [5.74, 6) is -0.445. The third-order valence-corrected chi connectivity index (χ3v) is 3.20. The van der Waals surface area contributed by atoms with Crippen molar-refractivity contribution in [2.24, 2.45) is 5.92 Å². The highest BCUT2D eigenvalue weighted by molar-refractivity contribution is 5.97. The zero-order valence-electron chi connectivity index (χ0n) is 10.9. The standard InChI is InChI=1S/C14H18N2O3/c1-19-7-6-10-4-2-3-5-12(10)16-14(18)11-8-13(17)15-9-11/h2-5,11H,6-9H2,1H3,(H,15,17)(H,16,18). The molecule has 102 valence electrons. The Balaban J connectivity index is 2.01. The lowest BCUT2D eigenvalue weighted by Gasteiger charge is -2.13. The third-order valence-electron chi connectivity index (χ3n) is 3.20. The van der Waals surface area contributed by atoms with Crippen molar-refractivity contribution in [2.75, 3.05) is 25.6 Å².